The molecule has 5 heteroatoms. The third kappa shape index (κ3) is 4.08. The predicted molar refractivity (Wildman–Crippen MR) is 105 cm³/mol. The molecule has 2 aromatic heterocycles. The molecule has 0 aliphatic heterocycles. The molecule has 0 spiro atoms. The van der Waals surface area contributed by atoms with E-state index in [4.69, 9.17) is 0 Å². The quantitative estimate of drug-likeness (QED) is 0.512. The molecule has 0 N–H and O–H groups in total. The van der Waals surface area contributed by atoms with Gasteiger partial charge in [-0.15, -0.1) is 0 Å². The smallest absolute Gasteiger partial charge is 0.140 e. The Kier molecular flexibility index (Phi) is 5.01. The molecule has 0 saturated carbocycles. The number of fused-ring (bicyclic) bond motifs is 1. The van der Waals surface area contributed by atoms with Gasteiger partial charge in [0, 0.05) is 36.8 Å². The summed E-state index contributed by atoms with van der Waals surface area (Å²) in [6, 6.07) is 20.5. The van der Waals surface area contributed by atoms with E-state index in [0.717, 1.165) is 40.9 Å². The van der Waals surface area contributed by atoms with Crippen molar-refractivity contribution in [2.45, 2.75) is 13.0 Å². The van der Waals surface area contributed by atoms with Crippen LogP contribution < -0.4 is 4.90 Å². The number of nitrogens with zero attached hydrogens (tertiary/aromatic N) is 4. The fourth-order valence-corrected chi connectivity index (χ4v) is 3.11. The van der Waals surface area contributed by atoms with Crippen molar-refractivity contribution < 1.29 is 4.39 Å². The second-order valence-electron chi connectivity index (χ2n) is 6.33. The molecule has 0 fully saturated rings. The summed E-state index contributed by atoms with van der Waals surface area (Å²) >= 11 is 0. The van der Waals surface area contributed by atoms with Gasteiger partial charge in [-0.1, -0.05) is 30.3 Å². The summed E-state index contributed by atoms with van der Waals surface area (Å²) in [6.45, 7) is 1.38. The van der Waals surface area contributed by atoms with Gasteiger partial charge in [-0.3, -0.25) is 4.98 Å². The molecule has 0 radical (unpaired) electrons. The summed E-state index contributed by atoms with van der Waals surface area (Å²) in [7, 11) is 0. The molecule has 0 unspecified atom stereocenters. The summed E-state index contributed by atoms with van der Waals surface area (Å²) < 4.78 is 13.3. The molecule has 0 aliphatic carbocycles. The summed E-state index contributed by atoms with van der Waals surface area (Å²) in [5, 5.41) is 1.00. The molecule has 4 rings (SSSR count). The largest absolute Gasteiger partial charge is 0.351 e. The van der Waals surface area contributed by atoms with Gasteiger partial charge in [0.25, 0.3) is 0 Å². The van der Waals surface area contributed by atoms with E-state index in [1.807, 2.05) is 54.6 Å². The van der Waals surface area contributed by atoms with Crippen LogP contribution in [0.3, 0.4) is 0 Å². The Balaban J connectivity index is 1.67. The summed E-state index contributed by atoms with van der Waals surface area (Å²) in [5.41, 5.74) is 2.96. The summed E-state index contributed by atoms with van der Waals surface area (Å²) in [5.74, 6) is 0.645. The van der Waals surface area contributed by atoms with Gasteiger partial charge in [0.05, 0.1) is 5.52 Å². The van der Waals surface area contributed by atoms with Crippen molar-refractivity contribution in [3.05, 3.63) is 96.3 Å². The number of pyridine rings is 1. The van der Waals surface area contributed by atoms with Gasteiger partial charge >= 0.3 is 0 Å². The molecule has 2 aromatic carbocycles. The Labute approximate surface area is 157 Å². The highest BCUT2D eigenvalue weighted by atomic mass is 19.1. The molecule has 0 amide bonds. The van der Waals surface area contributed by atoms with E-state index in [0.29, 0.717) is 6.54 Å². The van der Waals surface area contributed by atoms with Crippen LogP contribution in [-0.2, 0) is 13.0 Å². The second kappa shape index (κ2) is 7.91. The Morgan fingerprint density at radius 2 is 1.63 bits per heavy atom. The van der Waals surface area contributed by atoms with Gasteiger partial charge in [0.1, 0.15) is 18.0 Å². The first-order valence-electron chi connectivity index (χ1n) is 8.88. The zero-order valence-corrected chi connectivity index (χ0v) is 14.8. The standard InChI is InChI=1S/C22H19FN4/c23-18-10-8-17(9-11-18)15-27(14-12-19-5-3-4-13-24-19)22-20-6-1-2-7-21(20)25-16-26-22/h1-11,13,16H,12,14-15H2. The molecule has 27 heavy (non-hydrogen) atoms. The van der Waals surface area contributed by atoms with Gasteiger partial charge in [0.15, 0.2) is 0 Å². The lowest BCUT2D eigenvalue weighted by Gasteiger charge is -2.25. The van der Waals surface area contributed by atoms with Crippen molar-refractivity contribution in [3.63, 3.8) is 0 Å². The zero-order chi connectivity index (χ0) is 18.5. The lowest BCUT2D eigenvalue weighted by atomic mass is 10.1. The van der Waals surface area contributed by atoms with E-state index in [-0.39, 0.29) is 5.82 Å². The summed E-state index contributed by atoms with van der Waals surface area (Å²) in [6.07, 6.45) is 4.19. The average molecular weight is 358 g/mol. The fraction of sp³-hybridized carbons (Fsp3) is 0.136. The van der Waals surface area contributed by atoms with Crippen molar-refractivity contribution in [2.24, 2.45) is 0 Å². The number of para-hydroxylation sites is 1. The summed E-state index contributed by atoms with van der Waals surface area (Å²) in [4.78, 5) is 15.5. The third-order valence-corrected chi connectivity index (χ3v) is 4.47. The molecule has 2 heterocycles. The second-order valence-corrected chi connectivity index (χ2v) is 6.33. The maximum absolute atomic E-state index is 13.3. The first-order valence-corrected chi connectivity index (χ1v) is 8.88. The van der Waals surface area contributed by atoms with Crippen LogP contribution in [-0.4, -0.2) is 21.5 Å². The van der Waals surface area contributed by atoms with Crippen molar-refractivity contribution in [3.8, 4) is 0 Å². The highest BCUT2D eigenvalue weighted by Crippen LogP contribution is 2.24. The Morgan fingerprint density at radius 1 is 0.815 bits per heavy atom. The lowest BCUT2D eigenvalue weighted by molar-refractivity contribution is 0.626. The van der Waals surface area contributed by atoms with Crippen molar-refractivity contribution >= 4 is 16.7 Å². The minimum atomic E-state index is -0.230. The van der Waals surface area contributed by atoms with E-state index < -0.39 is 0 Å². The molecular weight excluding hydrogens is 339 g/mol. The zero-order valence-electron chi connectivity index (χ0n) is 14.8. The van der Waals surface area contributed by atoms with Crippen molar-refractivity contribution in [1.82, 2.24) is 15.0 Å². The van der Waals surface area contributed by atoms with Crippen LogP contribution in [0, 0.1) is 5.82 Å². The third-order valence-electron chi connectivity index (χ3n) is 4.47. The minimum Gasteiger partial charge on any atom is -0.351 e. The highest BCUT2D eigenvalue weighted by Gasteiger charge is 2.13. The van der Waals surface area contributed by atoms with E-state index in [2.05, 4.69) is 19.9 Å². The molecule has 0 atom stereocenters. The van der Waals surface area contributed by atoms with E-state index in [9.17, 15) is 4.39 Å². The van der Waals surface area contributed by atoms with Gasteiger partial charge < -0.3 is 4.90 Å². The fourth-order valence-electron chi connectivity index (χ4n) is 3.11. The van der Waals surface area contributed by atoms with Crippen LogP contribution in [0.5, 0.6) is 0 Å². The normalized spacial score (nSPS) is 10.9. The molecule has 0 bridgehead atoms. The number of rotatable bonds is 6. The Morgan fingerprint density at radius 3 is 2.44 bits per heavy atom. The van der Waals surface area contributed by atoms with Gasteiger partial charge in [0.2, 0.25) is 0 Å². The highest BCUT2D eigenvalue weighted by molar-refractivity contribution is 5.89. The molecule has 0 saturated heterocycles. The van der Waals surface area contributed by atoms with Gasteiger partial charge in [-0.2, -0.15) is 0 Å². The number of hydrogen-bond donors (Lipinski definition) is 0. The molecule has 0 aliphatic rings. The van der Waals surface area contributed by atoms with Crippen molar-refractivity contribution in [2.75, 3.05) is 11.4 Å². The van der Waals surface area contributed by atoms with Gasteiger partial charge in [-0.25, -0.2) is 14.4 Å². The monoisotopic (exact) mass is 358 g/mol. The topological polar surface area (TPSA) is 41.9 Å². The Hall–Kier alpha value is -3.34. The van der Waals surface area contributed by atoms with E-state index in [1.165, 1.54) is 12.1 Å². The Bertz CT molecular complexity index is 1010. The number of anilines is 1. The van der Waals surface area contributed by atoms with E-state index in [1.54, 1.807) is 12.5 Å². The molecule has 4 aromatic rings. The average Bonchev–Trinajstić information content (AvgIpc) is 2.73. The number of halogens is 1. The predicted octanol–water partition coefficient (Wildman–Crippen LogP) is 4.41. The maximum Gasteiger partial charge on any atom is 0.140 e. The number of benzene rings is 2. The molecular formula is C22H19FN4. The van der Waals surface area contributed by atoms with Crippen LogP contribution in [0.25, 0.3) is 10.9 Å². The van der Waals surface area contributed by atoms with Crippen LogP contribution in [0.2, 0.25) is 0 Å². The van der Waals surface area contributed by atoms with Crippen LogP contribution in [0.1, 0.15) is 11.3 Å². The first-order chi connectivity index (χ1) is 13.3. The number of aromatic nitrogens is 3. The minimum absolute atomic E-state index is 0.230. The molecule has 4 nitrogen and oxygen atoms in total. The van der Waals surface area contributed by atoms with Crippen LogP contribution in [0.15, 0.2) is 79.3 Å². The van der Waals surface area contributed by atoms with Crippen LogP contribution >= 0.6 is 0 Å². The van der Waals surface area contributed by atoms with Gasteiger partial charge in [-0.05, 0) is 42.0 Å². The number of hydrogen-bond acceptors (Lipinski definition) is 4. The molecule has 134 valence electrons. The lowest BCUT2D eigenvalue weighted by Crippen LogP contribution is -2.26. The SMILES string of the molecule is Fc1ccc(CN(CCc2ccccn2)c2ncnc3ccccc23)cc1. The maximum atomic E-state index is 13.3. The first kappa shape index (κ1) is 17.1. The van der Waals surface area contributed by atoms with Crippen molar-refractivity contribution in [1.29, 1.82) is 0 Å². The van der Waals surface area contributed by atoms with Crippen LogP contribution in [0.4, 0.5) is 10.2 Å². The van der Waals surface area contributed by atoms with E-state index >= 15 is 0 Å².